The van der Waals surface area contributed by atoms with Gasteiger partial charge >= 0.3 is 0 Å². The van der Waals surface area contributed by atoms with Crippen molar-refractivity contribution < 1.29 is 0 Å². The summed E-state index contributed by atoms with van der Waals surface area (Å²) in [6, 6.07) is 2.90. The first-order valence-corrected chi connectivity index (χ1v) is 6.11. The molecule has 3 nitrogen and oxygen atoms in total. The number of rotatable bonds is 2. The van der Waals surface area contributed by atoms with Crippen LogP contribution in [0.3, 0.4) is 0 Å². The molecular weight excluding hydrogens is 198 g/mol. The summed E-state index contributed by atoms with van der Waals surface area (Å²) in [4.78, 5) is 6.79. The van der Waals surface area contributed by atoms with E-state index in [4.69, 9.17) is 0 Å². The van der Waals surface area contributed by atoms with Crippen LogP contribution in [0.15, 0.2) is 18.5 Å². The van der Waals surface area contributed by atoms with Crippen molar-refractivity contribution in [2.45, 2.75) is 32.9 Å². The zero-order valence-electron chi connectivity index (χ0n) is 10.2. The van der Waals surface area contributed by atoms with Gasteiger partial charge in [0.25, 0.3) is 0 Å². The highest BCUT2D eigenvalue weighted by Gasteiger charge is 2.16. The SMILES string of the molecule is Cc1cncc(CN2CCNCCC2C)c1. The van der Waals surface area contributed by atoms with Gasteiger partial charge in [-0.1, -0.05) is 6.07 Å². The van der Waals surface area contributed by atoms with Crippen LogP contribution in [0.2, 0.25) is 0 Å². The van der Waals surface area contributed by atoms with Gasteiger partial charge in [-0.3, -0.25) is 9.88 Å². The predicted molar refractivity (Wildman–Crippen MR) is 66.3 cm³/mol. The van der Waals surface area contributed by atoms with E-state index in [9.17, 15) is 0 Å². The highest BCUT2D eigenvalue weighted by molar-refractivity contribution is 5.16. The first kappa shape index (κ1) is 11.6. The minimum atomic E-state index is 0.663. The van der Waals surface area contributed by atoms with Crippen LogP contribution in [0.4, 0.5) is 0 Å². The Hall–Kier alpha value is -0.930. The number of nitrogens with one attached hydrogen (secondary N) is 1. The highest BCUT2D eigenvalue weighted by Crippen LogP contribution is 2.11. The molecule has 1 aliphatic heterocycles. The summed E-state index contributed by atoms with van der Waals surface area (Å²) in [5, 5.41) is 3.45. The first-order valence-electron chi connectivity index (χ1n) is 6.11. The Morgan fingerprint density at radius 3 is 3.12 bits per heavy atom. The molecule has 1 saturated heterocycles. The maximum Gasteiger partial charge on any atom is 0.0313 e. The quantitative estimate of drug-likeness (QED) is 0.818. The van der Waals surface area contributed by atoms with Gasteiger partial charge in [-0.25, -0.2) is 0 Å². The van der Waals surface area contributed by atoms with Gasteiger partial charge in [-0.05, 0) is 37.9 Å². The molecule has 1 N–H and O–H groups in total. The lowest BCUT2D eigenvalue weighted by Gasteiger charge is -2.26. The third kappa shape index (κ3) is 3.03. The largest absolute Gasteiger partial charge is 0.315 e. The van der Waals surface area contributed by atoms with E-state index in [-0.39, 0.29) is 0 Å². The number of aryl methyl sites for hydroxylation is 1. The average Bonchev–Trinajstić information content (AvgIpc) is 2.45. The van der Waals surface area contributed by atoms with Crippen molar-refractivity contribution in [3.05, 3.63) is 29.6 Å². The number of nitrogens with zero attached hydrogens (tertiary/aromatic N) is 2. The molecule has 2 heterocycles. The second kappa shape index (κ2) is 5.41. The van der Waals surface area contributed by atoms with E-state index in [1.54, 1.807) is 0 Å². The van der Waals surface area contributed by atoms with E-state index in [0.29, 0.717) is 6.04 Å². The van der Waals surface area contributed by atoms with Crippen LogP contribution in [0.5, 0.6) is 0 Å². The molecule has 16 heavy (non-hydrogen) atoms. The fraction of sp³-hybridized carbons (Fsp3) is 0.615. The van der Waals surface area contributed by atoms with E-state index in [0.717, 1.165) is 26.2 Å². The summed E-state index contributed by atoms with van der Waals surface area (Å²) in [6.45, 7) is 8.82. The van der Waals surface area contributed by atoms with Gasteiger partial charge in [0.05, 0.1) is 0 Å². The average molecular weight is 219 g/mol. The van der Waals surface area contributed by atoms with E-state index >= 15 is 0 Å². The molecule has 0 aromatic carbocycles. The molecule has 2 rings (SSSR count). The Balaban J connectivity index is 2.02. The highest BCUT2D eigenvalue weighted by atomic mass is 15.2. The third-order valence-corrected chi connectivity index (χ3v) is 3.26. The van der Waals surface area contributed by atoms with Gasteiger partial charge in [0.15, 0.2) is 0 Å². The van der Waals surface area contributed by atoms with Gasteiger partial charge < -0.3 is 5.32 Å². The zero-order chi connectivity index (χ0) is 11.4. The Bertz CT molecular complexity index is 338. The van der Waals surface area contributed by atoms with Crippen molar-refractivity contribution >= 4 is 0 Å². The van der Waals surface area contributed by atoms with Crippen LogP contribution in [-0.2, 0) is 6.54 Å². The molecule has 1 aromatic heterocycles. The maximum absolute atomic E-state index is 4.26. The first-order chi connectivity index (χ1) is 7.75. The van der Waals surface area contributed by atoms with Crippen LogP contribution in [-0.4, -0.2) is 35.6 Å². The summed E-state index contributed by atoms with van der Waals surface area (Å²) in [5.74, 6) is 0. The number of hydrogen-bond donors (Lipinski definition) is 1. The van der Waals surface area contributed by atoms with Crippen LogP contribution in [0.25, 0.3) is 0 Å². The third-order valence-electron chi connectivity index (χ3n) is 3.26. The van der Waals surface area contributed by atoms with Gasteiger partial charge in [0.1, 0.15) is 0 Å². The van der Waals surface area contributed by atoms with Crippen LogP contribution >= 0.6 is 0 Å². The Morgan fingerprint density at radius 2 is 2.31 bits per heavy atom. The van der Waals surface area contributed by atoms with Gasteiger partial charge in [0, 0.05) is 38.1 Å². The van der Waals surface area contributed by atoms with Crippen molar-refractivity contribution in [2.75, 3.05) is 19.6 Å². The van der Waals surface area contributed by atoms with E-state index in [1.165, 1.54) is 17.5 Å². The number of aromatic nitrogens is 1. The lowest BCUT2D eigenvalue weighted by molar-refractivity contribution is 0.211. The maximum atomic E-state index is 4.26. The standard InChI is InChI=1S/C13H21N3/c1-11-7-13(9-15-8-11)10-16-6-5-14-4-3-12(16)2/h7-9,12,14H,3-6,10H2,1-2H3. The number of hydrogen-bond acceptors (Lipinski definition) is 3. The monoisotopic (exact) mass is 219 g/mol. The fourth-order valence-corrected chi connectivity index (χ4v) is 2.23. The van der Waals surface area contributed by atoms with Crippen molar-refractivity contribution in [2.24, 2.45) is 0 Å². The van der Waals surface area contributed by atoms with Gasteiger partial charge in [-0.2, -0.15) is 0 Å². The Labute approximate surface area is 97.9 Å². The zero-order valence-corrected chi connectivity index (χ0v) is 10.2. The summed E-state index contributed by atoms with van der Waals surface area (Å²) in [7, 11) is 0. The van der Waals surface area contributed by atoms with Crippen LogP contribution in [0, 0.1) is 6.92 Å². The lowest BCUT2D eigenvalue weighted by atomic mass is 10.1. The second-order valence-electron chi connectivity index (χ2n) is 4.73. The predicted octanol–water partition coefficient (Wildman–Crippen LogP) is 1.57. The fourth-order valence-electron chi connectivity index (χ4n) is 2.23. The van der Waals surface area contributed by atoms with Gasteiger partial charge in [-0.15, -0.1) is 0 Å². The molecule has 0 radical (unpaired) electrons. The van der Waals surface area contributed by atoms with Crippen molar-refractivity contribution in [1.82, 2.24) is 15.2 Å². The normalized spacial score (nSPS) is 23.0. The Morgan fingerprint density at radius 1 is 1.44 bits per heavy atom. The molecule has 0 amide bonds. The van der Waals surface area contributed by atoms with Crippen LogP contribution < -0.4 is 5.32 Å². The summed E-state index contributed by atoms with van der Waals surface area (Å²) in [6.07, 6.45) is 5.13. The summed E-state index contributed by atoms with van der Waals surface area (Å²) < 4.78 is 0. The summed E-state index contributed by atoms with van der Waals surface area (Å²) >= 11 is 0. The van der Waals surface area contributed by atoms with E-state index in [2.05, 4.69) is 35.1 Å². The molecule has 3 heteroatoms. The minimum absolute atomic E-state index is 0.663. The molecule has 1 aromatic rings. The smallest absolute Gasteiger partial charge is 0.0313 e. The number of pyridine rings is 1. The Kier molecular flexibility index (Phi) is 3.91. The summed E-state index contributed by atoms with van der Waals surface area (Å²) in [5.41, 5.74) is 2.58. The molecule has 0 bridgehead atoms. The van der Waals surface area contributed by atoms with Crippen molar-refractivity contribution in [3.8, 4) is 0 Å². The van der Waals surface area contributed by atoms with Gasteiger partial charge in [0.2, 0.25) is 0 Å². The minimum Gasteiger partial charge on any atom is -0.315 e. The molecule has 1 atom stereocenters. The molecule has 0 spiro atoms. The molecule has 1 aliphatic rings. The molecule has 1 fully saturated rings. The molecule has 1 unspecified atom stereocenters. The van der Waals surface area contributed by atoms with E-state index in [1.807, 2.05) is 12.4 Å². The molecular formula is C13H21N3. The van der Waals surface area contributed by atoms with E-state index < -0.39 is 0 Å². The molecule has 0 aliphatic carbocycles. The lowest BCUT2D eigenvalue weighted by Crippen LogP contribution is -2.33. The topological polar surface area (TPSA) is 28.2 Å². The molecule has 0 saturated carbocycles. The second-order valence-corrected chi connectivity index (χ2v) is 4.73. The van der Waals surface area contributed by atoms with Crippen molar-refractivity contribution in [1.29, 1.82) is 0 Å². The van der Waals surface area contributed by atoms with Crippen molar-refractivity contribution in [3.63, 3.8) is 0 Å². The van der Waals surface area contributed by atoms with Crippen LogP contribution in [0.1, 0.15) is 24.5 Å². The molecule has 88 valence electrons.